The molecule has 0 spiro atoms. The number of fused-ring (bicyclic) bond motifs is 1. The zero-order chi connectivity index (χ0) is 15.5. The van der Waals surface area contributed by atoms with Gasteiger partial charge in [-0.05, 0) is 23.3 Å². The summed E-state index contributed by atoms with van der Waals surface area (Å²) in [6, 6.07) is 12.9. The van der Waals surface area contributed by atoms with Gasteiger partial charge in [0.2, 0.25) is 0 Å². The van der Waals surface area contributed by atoms with Crippen LogP contribution >= 0.6 is 0 Å². The molecule has 0 saturated heterocycles. The van der Waals surface area contributed by atoms with Gasteiger partial charge in [-0.3, -0.25) is 14.6 Å². The minimum absolute atomic E-state index is 0.177. The number of benzene rings is 1. The molecule has 0 fully saturated rings. The number of pyridine rings is 1. The number of ether oxygens (including phenoxy) is 1. The molecular formula is C17H16N2O3. The largest absolute Gasteiger partial charge is 0.468 e. The molecule has 0 radical (unpaired) electrons. The summed E-state index contributed by atoms with van der Waals surface area (Å²) >= 11 is 0. The molecule has 1 amide bonds. The molecule has 1 aliphatic heterocycles. The van der Waals surface area contributed by atoms with E-state index in [1.807, 2.05) is 24.3 Å². The van der Waals surface area contributed by atoms with Crippen molar-refractivity contribution in [1.82, 2.24) is 9.88 Å². The fraction of sp³-hybridized carbons (Fsp3) is 0.235. The van der Waals surface area contributed by atoms with E-state index >= 15 is 0 Å². The highest BCUT2D eigenvalue weighted by Gasteiger charge is 2.33. The van der Waals surface area contributed by atoms with Gasteiger partial charge in [-0.1, -0.05) is 30.3 Å². The van der Waals surface area contributed by atoms with Crippen LogP contribution < -0.4 is 0 Å². The minimum Gasteiger partial charge on any atom is -0.468 e. The highest BCUT2D eigenvalue weighted by Crippen LogP contribution is 2.29. The van der Waals surface area contributed by atoms with E-state index in [0.29, 0.717) is 18.8 Å². The van der Waals surface area contributed by atoms with Crippen LogP contribution in [0, 0.1) is 0 Å². The normalized spacial score (nSPS) is 16.8. The number of amides is 1. The van der Waals surface area contributed by atoms with E-state index in [9.17, 15) is 9.59 Å². The number of carbonyl (C=O) groups is 2. The highest BCUT2D eigenvalue weighted by molar-refractivity contribution is 5.93. The Morgan fingerprint density at radius 2 is 1.95 bits per heavy atom. The number of hydrogen-bond acceptors (Lipinski definition) is 4. The molecule has 0 bridgehead atoms. The minimum atomic E-state index is -0.456. The molecule has 1 atom stereocenters. The third-order valence-corrected chi connectivity index (χ3v) is 3.85. The molecule has 2 heterocycles. The molecule has 0 saturated carbocycles. The van der Waals surface area contributed by atoms with E-state index in [2.05, 4.69) is 4.98 Å². The maximum absolute atomic E-state index is 12.6. The third-order valence-electron chi connectivity index (χ3n) is 3.85. The molecule has 0 N–H and O–H groups in total. The summed E-state index contributed by atoms with van der Waals surface area (Å²) in [6.07, 6.45) is 1.59. The predicted octanol–water partition coefficient (Wildman–Crippen LogP) is 1.99. The topological polar surface area (TPSA) is 59.5 Å². The maximum atomic E-state index is 12.6. The Labute approximate surface area is 128 Å². The quantitative estimate of drug-likeness (QED) is 0.795. The molecule has 1 aromatic carbocycles. The van der Waals surface area contributed by atoms with Gasteiger partial charge >= 0.3 is 5.97 Å². The Hall–Kier alpha value is -2.69. The molecule has 112 valence electrons. The molecule has 0 aliphatic carbocycles. The Morgan fingerprint density at radius 3 is 2.68 bits per heavy atom. The fourth-order valence-electron chi connectivity index (χ4n) is 2.76. The van der Waals surface area contributed by atoms with Crippen molar-refractivity contribution in [3.8, 4) is 0 Å². The molecule has 1 unspecified atom stereocenters. The second kappa shape index (κ2) is 5.97. The van der Waals surface area contributed by atoms with Gasteiger partial charge < -0.3 is 9.64 Å². The predicted molar refractivity (Wildman–Crippen MR) is 80.2 cm³/mol. The Kier molecular flexibility index (Phi) is 3.87. The van der Waals surface area contributed by atoms with Gasteiger partial charge in [-0.2, -0.15) is 0 Å². The molecule has 1 aromatic heterocycles. The van der Waals surface area contributed by atoms with Gasteiger partial charge in [0.15, 0.2) is 0 Å². The van der Waals surface area contributed by atoms with Gasteiger partial charge in [0.25, 0.3) is 5.91 Å². The molecule has 2 aromatic rings. The lowest BCUT2D eigenvalue weighted by Crippen LogP contribution is -2.41. The van der Waals surface area contributed by atoms with Crippen LogP contribution in [0.5, 0.6) is 0 Å². The first-order valence-corrected chi connectivity index (χ1v) is 7.06. The van der Waals surface area contributed by atoms with E-state index < -0.39 is 5.92 Å². The summed E-state index contributed by atoms with van der Waals surface area (Å²) in [5.41, 5.74) is 2.28. The number of aromatic nitrogens is 1. The van der Waals surface area contributed by atoms with E-state index in [-0.39, 0.29) is 11.9 Å². The van der Waals surface area contributed by atoms with E-state index in [0.717, 1.165) is 11.1 Å². The van der Waals surface area contributed by atoms with E-state index in [4.69, 9.17) is 4.74 Å². The summed E-state index contributed by atoms with van der Waals surface area (Å²) in [7, 11) is 1.37. The summed E-state index contributed by atoms with van der Waals surface area (Å²) in [4.78, 5) is 30.4. The van der Waals surface area contributed by atoms with Gasteiger partial charge in [-0.25, -0.2) is 0 Å². The van der Waals surface area contributed by atoms with Crippen molar-refractivity contribution >= 4 is 11.9 Å². The van der Waals surface area contributed by atoms with Gasteiger partial charge in [-0.15, -0.1) is 0 Å². The number of hydrogen-bond donors (Lipinski definition) is 0. The maximum Gasteiger partial charge on any atom is 0.314 e. The third kappa shape index (κ3) is 2.57. The Morgan fingerprint density at radius 1 is 1.18 bits per heavy atom. The molecular weight excluding hydrogens is 280 g/mol. The summed E-state index contributed by atoms with van der Waals surface area (Å²) in [6.45, 7) is 0.776. The SMILES string of the molecule is COC(=O)C1CN(C(=O)c2ccccn2)Cc2ccccc21. The van der Waals surface area contributed by atoms with Gasteiger partial charge in [0.1, 0.15) is 5.69 Å². The van der Waals surface area contributed by atoms with Crippen molar-refractivity contribution in [3.63, 3.8) is 0 Å². The average Bonchev–Trinajstić information content (AvgIpc) is 2.60. The highest BCUT2D eigenvalue weighted by atomic mass is 16.5. The van der Waals surface area contributed by atoms with Crippen molar-refractivity contribution < 1.29 is 14.3 Å². The number of esters is 1. The number of nitrogens with zero attached hydrogens (tertiary/aromatic N) is 2. The van der Waals surface area contributed by atoms with Crippen molar-refractivity contribution in [2.45, 2.75) is 12.5 Å². The van der Waals surface area contributed by atoms with E-state index in [1.54, 1.807) is 29.3 Å². The average molecular weight is 296 g/mol. The van der Waals surface area contributed by atoms with Crippen molar-refractivity contribution in [1.29, 1.82) is 0 Å². The van der Waals surface area contributed by atoms with E-state index in [1.165, 1.54) is 7.11 Å². The van der Waals surface area contributed by atoms with Gasteiger partial charge in [0, 0.05) is 19.3 Å². The smallest absolute Gasteiger partial charge is 0.314 e. The first kappa shape index (κ1) is 14.3. The molecule has 1 aliphatic rings. The lowest BCUT2D eigenvalue weighted by molar-refractivity contribution is -0.143. The van der Waals surface area contributed by atoms with Crippen LogP contribution in [0.25, 0.3) is 0 Å². The zero-order valence-electron chi connectivity index (χ0n) is 12.2. The van der Waals surface area contributed by atoms with Crippen LogP contribution in [0.1, 0.15) is 27.5 Å². The van der Waals surface area contributed by atoms with Crippen LogP contribution in [0.2, 0.25) is 0 Å². The molecule has 5 nitrogen and oxygen atoms in total. The first-order chi connectivity index (χ1) is 10.7. The standard InChI is InChI=1S/C17H16N2O3/c1-22-17(21)14-11-19(10-12-6-2-3-7-13(12)14)16(20)15-8-4-5-9-18-15/h2-9,14H,10-11H2,1H3. The van der Waals surface area contributed by atoms with Crippen LogP contribution in [-0.4, -0.2) is 35.4 Å². The second-order valence-electron chi connectivity index (χ2n) is 5.18. The number of rotatable bonds is 2. The van der Waals surface area contributed by atoms with Crippen molar-refractivity contribution in [2.24, 2.45) is 0 Å². The lowest BCUT2D eigenvalue weighted by atomic mass is 9.89. The number of methoxy groups -OCH3 is 1. The second-order valence-corrected chi connectivity index (χ2v) is 5.18. The molecule has 3 rings (SSSR count). The van der Waals surface area contributed by atoms with Crippen LogP contribution in [0.4, 0.5) is 0 Å². The lowest BCUT2D eigenvalue weighted by Gasteiger charge is -2.33. The summed E-state index contributed by atoms with van der Waals surface area (Å²) in [5.74, 6) is -0.961. The van der Waals surface area contributed by atoms with Crippen LogP contribution in [0.3, 0.4) is 0 Å². The zero-order valence-corrected chi connectivity index (χ0v) is 12.2. The van der Waals surface area contributed by atoms with Crippen LogP contribution in [0.15, 0.2) is 48.7 Å². The van der Waals surface area contributed by atoms with Crippen molar-refractivity contribution in [3.05, 3.63) is 65.5 Å². The van der Waals surface area contributed by atoms with Crippen LogP contribution in [-0.2, 0) is 16.1 Å². The first-order valence-electron chi connectivity index (χ1n) is 7.06. The van der Waals surface area contributed by atoms with Gasteiger partial charge in [0.05, 0.1) is 13.0 Å². The van der Waals surface area contributed by atoms with Crippen molar-refractivity contribution in [2.75, 3.05) is 13.7 Å². The molecule has 22 heavy (non-hydrogen) atoms. The summed E-state index contributed by atoms with van der Waals surface area (Å²) < 4.78 is 4.89. The Bertz CT molecular complexity index is 700. The molecule has 5 heteroatoms. The monoisotopic (exact) mass is 296 g/mol. The summed E-state index contributed by atoms with van der Waals surface area (Å²) in [5, 5.41) is 0. The Balaban J connectivity index is 1.93. The fourth-order valence-corrected chi connectivity index (χ4v) is 2.76. The number of carbonyl (C=O) groups excluding carboxylic acids is 2.